The number of esters is 1. The van der Waals surface area contributed by atoms with Crippen molar-refractivity contribution in [1.82, 2.24) is 4.98 Å². The molecule has 0 radical (unpaired) electrons. The molecule has 0 unspecified atom stereocenters. The van der Waals surface area contributed by atoms with Gasteiger partial charge in [-0.3, -0.25) is 10.1 Å². The molecule has 37 heavy (non-hydrogen) atoms. The van der Waals surface area contributed by atoms with Crippen molar-refractivity contribution in [2.45, 2.75) is 13.8 Å². The van der Waals surface area contributed by atoms with Crippen LogP contribution < -0.4 is 10.9 Å². The van der Waals surface area contributed by atoms with E-state index in [0.717, 1.165) is 11.3 Å². The summed E-state index contributed by atoms with van der Waals surface area (Å²) >= 11 is 1.16. The number of hydrogen-bond acceptors (Lipinski definition) is 10. The summed E-state index contributed by atoms with van der Waals surface area (Å²) in [4.78, 5) is 39.5. The topological polar surface area (TPSA) is 148 Å². The van der Waals surface area contributed by atoms with Gasteiger partial charge in [-0.2, -0.15) is 5.26 Å². The maximum atomic E-state index is 12.5. The Labute approximate surface area is 214 Å². The molecule has 0 aliphatic heterocycles. The number of carbonyl (C=O) groups excluding carboxylic acids is 1. The quantitative estimate of drug-likeness (QED) is 0.104. The molecule has 186 valence electrons. The van der Waals surface area contributed by atoms with Gasteiger partial charge in [0.1, 0.15) is 22.2 Å². The van der Waals surface area contributed by atoms with Gasteiger partial charge in [-0.1, -0.05) is 13.8 Å². The number of thiazole rings is 1. The zero-order valence-corrected chi connectivity index (χ0v) is 20.6. The van der Waals surface area contributed by atoms with E-state index in [2.05, 4.69) is 16.4 Å². The van der Waals surface area contributed by atoms with Crippen molar-refractivity contribution in [2.75, 3.05) is 11.9 Å². The highest BCUT2D eigenvalue weighted by atomic mass is 32.1. The summed E-state index contributed by atoms with van der Waals surface area (Å²) in [5.74, 6) is -0.167. The van der Waals surface area contributed by atoms with Gasteiger partial charge in [-0.15, -0.1) is 11.3 Å². The summed E-state index contributed by atoms with van der Waals surface area (Å²) in [5.41, 5.74) is 1.13. The van der Waals surface area contributed by atoms with E-state index in [1.54, 1.807) is 29.6 Å². The number of fused-ring (bicyclic) bond motifs is 1. The second-order valence-corrected chi connectivity index (χ2v) is 9.21. The van der Waals surface area contributed by atoms with Crippen molar-refractivity contribution in [1.29, 1.82) is 5.26 Å². The Morgan fingerprint density at radius 2 is 2.03 bits per heavy atom. The number of carbonyl (C=O) groups is 1. The Morgan fingerprint density at radius 3 is 2.70 bits per heavy atom. The number of nitro groups is 1. The van der Waals surface area contributed by atoms with Gasteiger partial charge in [-0.25, -0.2) is 14.6 Å². The number of aromatic nitrogens is 1. The van der Waals surface area contributed by atoms with Crippen LogP contribution >= 0.6 is 11.3 Å². The van der Waals surface area contributed by atoms with Crippen molar-refractivity contribution in [3.8, 4) is 17.3 Å². The summed E-state index contributed by atoms with van der Waals surface area (Å²) in [6.45, 7) is 4.25. The van der Waals surface area contributed by atoms with Gasteiger partial charge in [0.05, 0.1) is 28.4 Å². The standard InChI is InChI=1S/C26H20N4O6S/c1-15(2)13-35-25(31)16-3-5-19(6-4-16)28-12-18(11-27)24-29-22(14-37-24)21-10-17-9-20(30(33)34)7-8-23(17)36-26(21)32/h3-10,12,14-15,28H,13H2,1-2H3. The lowest BCUT2D eigenvalue weighted by molar-refractivity contribution is -0.384. The molecular weight excluding hydrogens is 496 g/mol. The lowest BCUT2D eigenvalue weighted by Crippen LogP contribution is -2.10. The Bertz CT molecular complexity index is 1610. The number of allylic oxidation sites excluding steroid dienone is 1. The molecule has 0 saturated heterocycles. The average Bonchev–Trinajstić information content (AvgIpc) is 3.37. The number of hydrogen-bond donors (Lipinski definition) is 1. The molecule has 4 rings (SSSR count). The van der Waals surface area contributed by atoms with Crippen LogP contribution in [0.1, 0.15) is 29.2 Å². The normalized spacial score (nSPS) is 11.4. The van der Waals surface area contributed by atoms with Crippen molar-refractivity contribution >= 4 is 45.2 Å². The Hall–Kier alpha value is -4.82. The molecule has 11 heteroatoms. The van der Waals surface area contributed by atoms with Crippen LogP contribution in [0.2, 0.25) is 0 Å². The van der Waals surface area contributed by atoms with Crippen molar-refractivity contribution in [3.05, 3.63) is 91.2 Å². The predicted octanol–water partition coefficient (Wildman–Crippen LogP) is 5.61. The predicted molar refractivity (Wildman–Crippen MR) is 139 cm³/mol. The molecule has 2 heterocycles. The van der Waals surface area contributed by atoms with E-state index in [1.807, 2.05) is 13.8 Å². The van der Waals surface area contributed by atoms with Gasteiger partial charge in [-0.05, 0) is 42.3 Å². The zero-order valence-electron chi connectivity index (χ0n) is 19.8. The molecule has 10 nitrogen and oxygen atoms in total. The number of rotatable bonds is 8. The molecule has 0 amide bonds. The van der Waals surface area contributed by atoms with Crippen LogP contribution in [0.15, 0.2) is 69.3 Å². The minimum absolute atomic E-state index is 0.126. The maximum absolute atomic E-state index is 12.5. The van der Waals surface area contributed by atoms with Gasteiger partial charge in [0, 0.05) is 34.8 Å². The third-order valence-electron chi connectivity index (χ3n) is 5.11. The second-order valence-electron chi connectivity index (χ2n) is 8.35. The number of nitro benzene ring substituents is 1. The van der Waals surface area contributed by atoms with Crippen LogP contribution in [0.4, 0.5) is 11.4 Å². The molecule has 0 saturated carbocycles. The maximum Gasteiger partial charge on any atom is 0.345 e. The molecule has 0 bridgehead atoms. The number of nitrogens with one attached hydrogen (secondary N) is 1. The van der Waals surface area contributed by atoms with E-state index in [-0.39, 0.29) is 34.0 Å². The Kier molecular flexibility index (Phi) is 7.41. The van der Waals surface area contributed by atoms with Crippen LogP contribution in [-0.4, -0.2) is 22.5 Å². The number of nitrogens with zero attached hydrogens (tertiary/aromatic N) is 3. The van der Waals surface area contributed by atoms with Gasteiger partial charge in [0.25, 0.3) is 5.69 Å². The fraction of sp³-hybridized carbons (Fsp3) is 0.154. The lowest BCUT2D eigenvalue weighted by atomic mass is 10.1. The lowest BCUT2D eigenvalue weighted by Gasteiger charge is -2.07. The minimum Gasteiger partial charge on any atom is -0.462 e. The van der Waals surface area contributed by atoms with Gasteiger partial charge >= 0.3 is 11.6 Å². The highest BCUT2D eigenvalue weighted by Gasteiger charge is 2.16. The molecule has 2 aromatic carbocycles. The van der Waals surface area contributed by atoms with Gasteiger partial charge in [0.2, 0.25) is 0 Å². The molecule has 0 aliphatic rings. The third kappa shape index (κ3) is 5.88. The smallest absolute Gasteiger partial charge is 0.345 e. The highest BCUT2D eigenvalue weighted by Crippen LogP contribution is 2.28. The van der Waals surface area contributed by atoms with Crippen molar-refractivity contribution in [2.24, 2.45) is 5.92 Å². The number of benzene rings is 2. The first-order valence-electron chi connectivity index (χ1n) is 11.1. The molecule has 4 aromatic rings. The number of nitriles is 1. The first kappa shape index (κ1) is 25.3. The molecule has 2 aromatic heterocycles. The fourth-order valence-electron chi connectivity index (χ4n) is 3.25. The monoisotopic (exact) mass is 516 g/mol. The van der Waals surface area contributed by atoms with Gasteiger partial charge in [0.15, 0.2) is 0 Å². The second kappa shape index (κ2) is 10.8. The van der Waals surface area contributed by atoms with Crippen molar-refractivity contribution < 1.29 is 18.9 Å². The fourth-order valence-corrected chi connectivity index (χ4v) is 4.04. The summed E-state index contributed by atoms with van der Waals surface area (Å²) in [5, 5.41) is 26.1. The van der Waals surface area contributed by atoms with Crippen LogP contribution in [0.5, 0.6) is 0 Å². The van der Waals surface area contributed by atoms with Crippen LogP contribution in [0.25, 0.3) is 27.8 Å². The van der Waals surface area contributed by atoms with Crippen LogP contribution in [-0.2, 0) is 4.74 Å². The summed E-state index contributed by atoms with van der Waals surface area (Å²) < 4.78 is 10.5. The van der Waals surface area contributed by atoms with Crippen LogP contribution in [0.3, 0.4) is 0 Å². The third-order valence-corrected chi connectivity index (χ3v) is 5.98. The molecule has 0 fully saturated rings. The molecule has 0 atom stereocenters. The van der Waals surface area contributed by atoms with E-state index in [0.29, 0.717) is 28.3 Å². The summed E-state index contributed by atoms with van der Waals surface area (Å²) in [7, 11) is 0. The highest BCUT2D eigenvalue weighted by molar-refractivity contribution is 7.11. The summed E-state index contributed by atoms with van der Waals surface area (Å²) in [6, 6.07) is 14.1. The number of anilines is 1. The SMILES string of the molecule is CC(C)COC(=O)c1ccc(NC=C(C#N)c2nc(-c3cc4cc([N+](=O)[O-])ccc4oc3=O)cs2)cc1. The summed E-state index contributed by atoms with van der Waals surface area (Å²) in [6.07, 6.45) is 1.47. The van der Waals surface area contributed by atoms with E-state index < -0.39 is 16.5 Å². The Morgan fingerprint density at radius 1 is 1.27 bits per heavy atom. The first-order valence-corrected chi connectivity index (χ1v) is 12.0. The largest absolute Gasteiger partial charge is 0.462 e. The zero-order chi connectivity index (χ0) is 26.5. The van der Waals surface area contributed by atoms with E-state index in [1.165, 1.54) is 30.5 Å². The van der Waals surface area contributed by atoms with E-state index in [4.69, 9.17) is 9.15 Å². The molecule has 0 spiro atoms. The van der Waals surface area contributed by atoms with Crippen molar-refractivity contribution in [3.63, 3.8) is 0 Å². The number of non-ortho nitro benzene ring substituents is 1. The minimum atomic E-state index is -0.647. The molecular formula is C26H20N4O6S. The van der Waals surface area contributed by atoms with Crippen LogP contribution in [0, 0.1) is 27.4 Å². The van der Waals surface area contributed by atoms with E-state index >= 15 is 0 Å². The van der Waals surface area contributed by atoms with Gasteiger partial charge < -0.3 is 14.5 Å². The van der Waals surface area contributed by atoms with E-state index in [9.17, 15) is 25.0 Å². The Balaban J connectivity index is 1.53. The molecule has 1 N–H and O–H groups in total. The average molecular weight is 517 g/mol. The first-order chi connectivity index (χ1) is 17.7. The number of ether oxygens (including phenoxy) is 1. The molecule has 0 aliphatic carbocycles.